The SMILES string of the molecule is COc1ccccc1CNC(=O)C1CC1C(=O)Nc1ccc(C(C)=O)cc1. The second-order valence-electron chi connectivity index (χ2n) is 6.60. The third-order valence-corrected chi connectivity index (χ3v) is 4.67. The zero-order valence-electron chi connectivity index (χ0n) is 15.3. The van der Waals surface area contributed by atoms with Crippen molar-refractivity contribution in [3.63, 3.8) is 0 Å². The highest BCUT2D eigenvalue weighted by Crippen LogP contribution is 2.39. The van der Waals surface area contributed by atoms with Crippen LogP contribution in [0.25, 0.3) is 0 Å². The molecule has 0 spiro atoms. The Hall–Kier alpha value is -3.15. The van der Waals surface area contributed by atoms with E-state index in [0.29, 0.717) is 24.2 Å². The molecule has 1 fully saturated rings. The number of carbonyl (C=O) groups excluding carboxylic acids is 3. The Labute approximate surface area is 157 Å². The molecule has 2 unspecified atom stereocenters. The number of ketones is 1. The van der Waals surface area contributed by atoms with Crippen LogP contribution in [0.5, 0.6) is 5.75 Å². The molecule has 3 rings (SSSR count). The van der Waals surface area contributed by atoms with Crippen molar-refractivity contribution in [3.8, 4) is 5.75 Å². The third-order valence-electron chi connectivity index (χ3n) is 4.67. The Morgan fingerprint density at radius 3 is 2.33 bits per heavy atom. The molecule has 0 heterocycles. The number of amides is 2. The van der Waals surface area contributed by atoms with Gasteiger partial charge in [-0.25, -0.2) is 0 Å². The van der Waals surface area contributed by atoms with Gasteiger partial charge >= 0.3 is 0 Å². The minimum Gasteiger partial charge on any atom is -0.496 e. The van der Waals surface area contributed by atoms with Crippen molar-refractivity contribution >= 4 is 23.3 Å². The van der Waals surface area contributed by atoms with E-state index in [4.69, 9.17) is 4.74 Å². The van der Waals surface area contributed by atoms with Gasteiger partial charge in [0.1, 0.15) is 5.75 Å². The van der Waals surface area contributed by atoms with Crippen LogP contribution in [-0.4, -0.2) is 24.7 Å². The number of para-hydroxylation sites is 1. The molecule has 6 heteroatoms. The Bertz CT molecular complexity index is 861. The number of hydrogen-bond acceptors (Lipinski definition) is 4. The summed E-state index contributed by atoms with van der Waals surface area (Å²) in [5, 5.41) is 5.66. The van der Waals surface area contributed by atoms with Crippen molar-refractivity contribution in [1.82, 2.24) is 5.32 Å². The van der Waals surface area contributed by atoms with Crippen molar-refractivity contribution in [3.05, 3.63) is 59.7 Å². The maximum absolute atomic E-state index is 12.3. The summed E-state index contributed by atoms with van der Waals surface area (Å²) in [4.78, 5) is 35.9. The molecule has 0 bridgehead atoms. The summed E-state index contributed by atoms with van der Waals surface area (Å²) < 4.78 is 5.27. The molecule has 0 aromatic heterocycles. The van der Waals surface area contributed by atoms with Crippen LogP contribution in [-0.2, 0) is 16.1 Å². The van der Waals surface area contributed by atoms with E-state index in [1.54, 1.807) is 31.4 Å². The fourth-order valence-corrected chi connectivity index (χ4v) is 2.96. The molecule has 2 N–H and O–H groups in total. The van der Waals surface area contributed by atoms with E-state index in [1.165, 1.54) is 6.92 Å². The summed E-state index contributed by atoms with van der Waals surface area (Å²) in [6, 6.07) is 14.2. The minimum atomic E-state index is -0.324. The maximum Gasteiger partial charge on any atom is 0.228 e. The fraction of sp³-hybridized carbons (Fsp3) is 0.286. The summed E-state index contributed by atoms with van der Waals surface area (Å²) in [7, 11) is 1.59. The first kappa shape index (κ1) is 18.6. The van der Waals surface area contributed by atoms with Crippen LogP contribution in [0.15, 0.2) is 48.5 Å². The molecule has 0 aliphatic heterocycles. The van der Waals surface area contributed by atoms with Crippen molar-refractivity contribution < 1.29 is 19.1 Å². The van der Waals surface area contributed by atoms with Gasteiger partial charge in [-0.05, 0) is 43.7 Å². The fourth-order valence-electron chi connectivity index (χ4n) is 2.96. The number of ether oxygens (including phenoxy) is 1. The van der Waals surface area contributed by atoms with Gasteiger partial charge < -0.3 is 15.4 Å². The van der Waals surface area contributed by atoms with E-state index in [2.05, 4.69) is 10.6 Å². The van der Waals surface area contributed by atoms with Gasteiger partial charge in [-0.15, -0.1) is 0 Å². The average Bonchev–Trinajstić information content (AvgIpc) is 3.48. The second kappa shape index (κ2) is 8.03. The van der Waals surface area contributed by atoms with E-state index in [0.717, 1.165) is 11.3 Å². The Morgan fingerprint density at radius 2 is 1.67 bits per heavy atom. The van der Waals surface area contributed by atoms with Crippen LogP contribution >= 0.6 is 0 Å². The first-order valence-corrected chi connectivity index (χ1v) is 8.81. The van der Waals surface area contributed by atoms with Gasteiger partial charge in [0.25, 0.3) is 0 Å². The molecule has 2 aromatic carbocycles. The summed E-state index contributed by atoms with van der Waals surface area (Å²) in [5.41, 5.74) is 2.10. The number of methoxy groups -OCH3 is 1. The Morgan fingerprint density at radius 1 is 1.00 bits per heavy atom. The average molecular weight is 366 g/mol. The summed E-state index contributed by atoms with van der Waals surface area (Å²) >= 11 is 0. The molecular weight excluding hydrogens is 344 g/mol. The topological polar surface area (TPSA) is 84.5 Å². The number of nitrogens with one attached hydrogen (secondary N) is 2. The van der Waals surface area contributed by atoms with E-state index < -0.39 is 0 Å². The molecule has 2 aromatic rings. The quantitative estimate of drug-likeness (QED) is 0.738. The van der Waals surface area contributed by atoms with Crippen LogP contribution in [0.1, 0.15) is 29.3 Å². The van der Waals surface area contributed by atoms with Gasteiger partial charge in [-0.2, -0.15) is 0 Å². The van der Waals surface area contributed by atoms with Crippen molar-refractivity contribution in [2.24, 2.45) is 11.8 Å². The van der Waals surface area contributed by atoms with Crippen molar-refractivity contribution in [1.29, 1.82) is 0 Å². The van der Waals surface area contributed by atoms with Crippen LogP contribution < -0.4 is 15.4 Å². The number of rotatable bonds is 7. The number of anilines is 1. The lowest BCUT2D eigenvalue weighted by Crippen LogP contribution is -2.27. The second-order valence-corrected chi connectivity index (χ2v) is 6.60. The van der Waals surface area contributed by atoms with Crippen LogP contribution in [0.3, 0.4) is 0 Å². The van der Waals surface area contributed by atoms with E-state index in [1.807, 2.05) is 24.3 Å². The molecular formula is C21H22N2O4. The highest BCUT2D eigenvalue weighted by atomic mass is 16.5. The molecule has 6 nitrogen and oxygen atoms in total. The van der Waals surface area contributed by atoms with Crippen molar-refractivity contribution in [2.45, 2.75) is 19.9 Å². The molecule has 140 valence electrons. The molecule has 2 atom stereocenters. The van der Waals surface area contributed by atoms with E-state index in [-0.39, 0.29) is 29.4 Å². The molecule has 0 radical (unpaired) electrons. The molecule has 2 amide bonds. The van der Waals surface area contributed by atoms with Crippen LogP contribution in [0.4, 0.5) is 5.69 Å². The lowest BCUT2D eigenvalue weighted by Gasteiger charge is -2.09. The lowest BCUT2D eigenvalue weighted by atomic mass is 10.1. The zero-order chi connectivity index (χ0) is 19.4. The maximum atomic E-state index is 12.3. The molecule has 0 saturated heterocycles. The molecule has 27 heavy (non-hydrogen) atoms. The largest absolute Gasteiger partial charge is 0.496 e. The monoisotopic (exact) mass is 366 g/mol. The van der Waals surface area contributed by atoms with E-state index >= 15 is 0 Å². The summed E-state index contributed by atoms with van der Waals surface area (Å²) in [6.07, 6.45) is 0.537. The lowest BCUT2D eigenvalue weighted by molar-refractivity contribution is -0.125. The van der Waals surface area contributed by atoms with Gasteiger partial charge in [0, 0.05) is 23.4 Å². The van der Waals surface area contributed by atoms with Gasteiger partial charge in [-0.1, -0.05) is 18.2 Å². The summed E-state index contributed by atoms with van der Waals surface area (Å²) in [5.74, 6) is -0.249. The number of carbonyl (C=O) groups is 3. The molecule has 1 aliphatic rings. The normalized spacial score (nSPS) is 17.7. The predicted octanol–water partition coefficient (Wildman–Crippen LogP) is 2.79. The Kier molecular flexibility index (Phi) is 5.54. The van der Waals surface area contributed by atoms with E-state index in [9.17, 15) is 14.4 Å². The van der Waals surface area contributed by atoms with Gasteiger partial charge in [0.2, 0.25) is 11.8 Å². The first-order chi connectivity index (χ1) is 13.0. The Balaban J connectivity index is 1.50. The van der Waals surface area contributed by atoms with Gasteiger partial charge in [0.15, 0.2) is 5.78 Å². The van der Waals surface area contributed by atoms with Gasteiger partial charge in [-0.3, -0.25) is 14.4 Å². The number of Topliss-reactive ketones (excluding diaryl/α,β-unsaturated/α-hetero) is 1. The molecule has 1 aliphatic carbocycles. The van der Waals surface area contributed by atoms with Gasteiger partial charge in [0.05, 0.1) is 18.9 Å². The number of hydrogen-bond donors (Lipinski definition) is 2. The summed E-state index contributed by atoms with van der Waals surface area (Å²) in [6.45, 7) is 1.85. The highest BCUT2D eigenvalue weighted by Gasteiger charge is 2.47. The standard InChI is InChI=1S/C21H22N2O4/c1-13(24)14-7-9-16(10-8-14)23-21(26)18-11-17(18)20(25)22-12-15-5-3-4-6-19(15)27-2/h3-10,17-18H,11-12H2,1-2H3,(H,22,25)(H,23,26). The highest BCUT2D eigenvalue weighted by molar-refractivity contribution is 6.00. The zero-order valence-corrected chi connectivity index (χ0v) is 15.3. The number of benzene rings is 2. The molecule has 1 saturated carbocycles. The predicted molar refractivity (Wildman–Crippen MR) is 102 cm³/mol. The van der Waals surface area contributed by atoms with Crippen LogP contribution in [0.2, 0.25) is 0 Å². The minimum absolute atomic E-state index is 0.0261. The van der Waals surface area contributed by atoms with Crippen LogP contribution in [0, 0.1) is 11.8 Å². The third kappa shape index (κ3) is 4.53. The smallest absolute Gasteiger partial charge is 0.228 e. The first-order valence-electron chi connectivity index (χ1n) is 8.81. The van der Waals surface area contributed by atoms with Crippen molar-refractivity contribution in [2.75, 3.05) is 12.4 Å².